The van der Waals surface area contributed by atoms with Crippen LogP contribution < -0.4 is 10.1 Å². The quantitative estimate of drug-likeness (QED) is 0.620. The van der Waals surface area contributed by atoms with E-state index in [4.69, 9.17) is 16.3 Å². The summed E-state index contributed by atoms with van der Waals surface area (Å²) >= 11 is 7.54. The lowest BCUT2D eigenvalue weighted by atomic mass is 10.1. The smallest absolute Gasteiger partial charge is 0.239 e. The van der Waals surface area contributed by atoms with Crippen LogP contribution in [-0.2, 0) is 22.4 Å². The summed E-state index contributed by atoms with van der Waals surface area (Å²) in [5.41, 5.74) is 2.07. The van der Waals surface area contributed by atoms with Crippen molar-refractivity contribution in [1.29, 1.82) is 0 Å². The fourth-order valence-corrected chi connectivity index (χ4v) is 3.22. The van der Waals surface area contributed by atoms with Crippen molar-refractivity contribution in [3.8, 4) is 5.75 Å². The first kappa shape index (κ1) is 23.1. The summed E-state index contributed by atoms with van der Waals surface area (Å²) < 4.78 is 5.75. The van der Waals surface area contributed by atoms with Crippen LogP contribution in [0.25, 0.3) is 0 Å². The molecule has 0 aliphatic heterocycles. The minimum absolute atomic E-state index is 0.275. The average molecular weight is 408 g/mol. The Balaban J connectivity index is 0.00000176. The van der Waals surface area contributed by atoms with Crippen molar-refractivity contribution < 1.29 is 14.3 Å². The van der Waals surface area contributed by atoms with Gasteiger partial charge >= 0.3 is 0 Å². The van der Waals surface area contributed by atoms with E-state index in [1.54, 1.807) is 0 Å². The van der Waals surface area contributed by atoms with Crippen LogP contribution in [0.15, 0.2) is 48.5 Å². The van der Waals surface area contributed by atoms with Crippen LogP contribution >= 0.6 is 23.4 Å². The highest BCUT2D eigenvalue weighted by molar-refractivity contribution is 7.99. The fourth-order valence-electron chi connectivity index (χ4n) is 2.35. The number of imide groups is 1. The average Bonchev–Trinajstić information content (AvgIpc) is 2.70. The Labute approximate surface area is 170 Å². The normalized spacial score (nSPS) is 11.0. The zero-order valence-electron chi connectivity index (χ0n) is 15.9. The van der Waals surface area contributed by atoms with Crippen molar-refractivity contribution in [3.05, 3.63) is 64.7 Å². The Morgan fingerprint density at radius 3 is 2.44 bits per heavy atom. The maximum Gasteiger partial charge on any atom is 0.239 e. The molecule has 0 aromatic heterocycles. The van der Waals surface area contributed by atoms with Crippen LogP contribution in [0.5, 0.6) is 5.75 Å². The van der Waals surface area contributed by atoms with E-state index in [1.807, 2.05) is 68.6 Å². The highest BCUT2D eigenvalue weighted by atomic mass is 35.5. The molecule has 0 aliphatic rings. The first-order chi connectivity index (χ1) is 13.1. The van der Waals surface area contributed by atoms with Gasteiger partial charge in [0.1, 0.15) is 5.75 Å². The second-order valence-electron chi connectivity index (χ2n) is 5.39. The number of carbonyl (C=O) groups is 2. The van der Waals surface area contributed by atoms with Crippen LogP contribution in [0.1, 0.15) is 25.0 Å². The van der Waals surface area contributed by atoms with Gasteiger partial charge in [-0.1, -0.05) is 55.8 Å². The largest absolute Gasteiger partial charge is 0.493 e. The number of rotatable bonds is 9. The van der Waals surface area contributed by atoms with Gasteiger partial charge in [0, 0.05) is 11.4 Å². The third kappa shape index (κ3) is 8.06. The molecule has 0 saturated heterocycles. The second kappa shape index (κ2) is 13.2. The Morgan fingerprint density at radius 1 is 1.19 bits per heavy atom. The molecule has 2 aromatic rings. The molecule has 1 unspecified atom stereocenters. The van der Waals surface area contributed by atoms with Crippen LogP contribution in [-0.4, -0.2) is 30.4 Å². The zero-order valence-corrected chi connectivity index (χ0v) is 17.5. The second-order valence-corrected chi connectivity index (χ2v) is 6.84. The third-order valence-electron chi connectivity index (χ3n) is 3.72. The highest BCUT2D eigenvalue weighted by Gasteiger charge is 2.17. The van der Waals surface area contributed by atoms with Crippen molar-refractivity contribution in [2.24, 2.45) is 0 Å². The highest BCUT2D eigenvalue weighted by Crippen LogP contribution is 2.19. The molecule has 2 aromatic carbocycles. The number of benzene rings is 2. The van der Waals surface area contributed by atoms with E-state index in [9.17, 15) is 9.59 Å². The summed E-state index contributed by atoms with van der Waals surface area (Å²) in [6, 6.07) is 15.4. The Kier molecular flexibility index (Phi) is 11.3. The number of nitrogens with one attached hydrogen (secondary N) is 1. The molecule has 27 heavy (non-hydrogen) atoms. The van der Waals surface area contributed by atoms with E-state index >= 15 is 0 Å². The molecule has 0 fully saturated rings. The molecule has 146 valence electrons. The summed E-state index contributed by atoms with van der Waals surface area (Å²) in [7, 11) is 0. The van der Waals surface area contributed by atoms with E-state index < -0.39 is 0 Å². The minimum atomic E-state index is -0.294. The van der Waals surface area contributed by atoms with E-state index in [0.717, 1.165) is 28.3 Å². The SMILES string of the molecule is CC.CSC(Cc1ccc(OCCc2ccccc2Cl)cc1)C(=O)NC=O. The fraction of sp³-hybridized carbons (Fsp3) is 0.333. The molecule has 0 bridgehead atoms. The Morgan fingerprint density at radius 2 is 1.85 bits per heavy atom. The molecule has 4 nitrogen and oxygen atoms in total. The molecule has 0 heterocycles. The number of thioether (sulfide) groups is 1. The first-order valence-corrected chi connectivity index (χ1v) is 10.5. The molecule has 1 atom stereocenters. The number of hydrogen-bond donors (Lipinski definition) is 1. The molecule has 6 heteroatoms. The maximum atomic E-state index is 11.8. The number of halogens is 1. The molecule has 0 radical (unpaired) electrons. The van der Waals surface area contributed by atoms with Crippen molar-refractivity contribution in [3.63, 3.8) is 0 Å². The summed E-state index contributed by atoms with van der Waals surface area (Å²) in [4.78, 5) is 22.1. The van der Waals surface area contributed by atoms with Gasteiger partial charge in [0.15, 0.2) is 0 Å². The van der Waals surface area contributed by atoms with Gasteiger partial charge in [0.05, 0.1) is 11.9 Å². The van der Waals surface area contributed by atoms with Crippen LogP contribution in [0, 0.1) is 0 Å². The predicted octanol–water partition coefficient (Wildman–Crippen LogP) is 4.53. The number of hydrogen-bond acceptors (Lipinski definition) is 4. The van der Waals surface area contributed by atoms with E-state index in [1.165, 1.54) is 11.8 Å². The molecule has 0 saturated carbocycles. The summed E-state index contributed by atoms with van der Waals surface area (Å²) in [5, 5.41) is 2.65. The number of amides is 2. The molecular formula is C21H26ClNO3S. The lowest BCUT2D eigenvalue weighted by Gasteiger charge is -2.13. The van der Waals surface area contributed by atoms with Gasteiger partial charge < -0.3 is 4.74 Å². The van der Waals surface area contributed by atoms with Crippen molar-refractivity contribution >= 4 is 35.7 Å². The van der Waals surface area contributed by atoms with E-state index in [2.05, 4.69) is 5.32 Å². The lowest BCUT2D eigenvalue weighted by Crippen LogP contribution is -2.32. The van der Waals surface area contributed by atoms with Gasteiger partial charge in [-0.15, -0.1) is 0 Å². The zero-order chi connectivity index (χ0) is 20.1. The number of ether oxygens (including phenoxy) is 1. The first-order valence-electron chi connectivity index (χ1n) is 8.86. The van der Waals surface area contributed by atoms with Gasteiger partial charge in [-0.2, -0.15) is 11.8 Å². The Hall–Kier alpha value is -1.98. The van der Waals surface area contributed by atoms with E-state index in [-0.39, 0.29) is 11.2 Å². The lowest BCUT2D eigenvalue weighted by molar-refractivity contribution is -0.124. The van der Waals surface area contributed by atoms with E-state index in [0.29, 0.717) is 19.4 Å². The summed E-state index contributed by atoms with van der Waals surface area (Å²) in [6.07, 6.45) is 3.56. The van der Waals surface area contributed by atoms with Gasteiger partial charge in [0.25, 0.3) is 0 Å². The van der Waals surface area contributed by atoms with Crippen molar-refractivity contribution in [2.75, 3.05) is 12.9 Å². The molecule has 0 aliphatic carbocycles. The Bertz CT molecular complexity index is 707. The third-order valence-corrected chi connectivity index (χ3v) is 5.04. The van der Waals surface area contributed by atoms with Gasteiger partial charge in [0.2, 0.25) is 12.3 Å². The standard InChI is InChI=1S/C19H20ClNO3S.C2H6/c1-25-18(19(23)21-13-22)12-14-6-8-16(9-7-14)24-11-10-15-4-2-3-5-17(15)20;1-2/h2-9,13,18H,10-12H2,1H3,(H,21,22,23);1-2H3. The molecule has 1 N–H and O–H groups in total. The topological polar surface area (TPSA) is 55.4 Å². The maximum absolute atomic E-state index is 11.8. The molecule has 2 rings (SSSR count). The molecule has 0 spiro atoms. The van der Waals surface area contributed by atoms with Gasteiger partial charge in [-0.05, 0) is 42.0 Å². The minimum Gasteiger partial charge on any atom is -0.493 e. The predicted molar refractivity (Wildman–Crippen MR) is 114 cm³/mol. The summed E-state index contributed by atoms with van der Waals surface area (Å²) in [6.45, 7) is 4.54. The van der Waals surface area contributed by atoms with Crippen LogP contribution in [0.3, 0.4) is 0 Å². The molecular weight excluding hydrogens is 382 g/mol. The van der Waals surface area contributed by atoms with Crippen LogP contribution in [0.4, 0.5) is 0 Å². The van der Waals surface area contributed by atoms with Gasteiger partial charge in [-0.25, -0.2) is 0 Å². The van der Waals surface area contributed by atoms with Gasteiger partial charge in [-0.3, -0.25) is 14.9 Å². The van der Waals surface area contributed by atoms with Crippen molar-refractivity contribution in [1.82, 2.24) is 5.32 Å². The summed E-state index contributed by atoms with van der Waals surface area (Å²) in [5.74, 6) is 0.497. The number of carbonyl (C=O) groups excluding carboxylic acids is 2. The van der Waals surface area contributed by atoms with Crippen molar-refractivity contribution in [2.45, 2.75) is 31.9 Å². The molecule has 2 amide bonds. The monoisotopic (exact) mass is 407 g/mol. The van der Waals surface area contributed by atoms with Crippen LogP contribution in [0.2, 0.25) is 5.02 Å².